The Morgan fingerprint density at radius 3 is 3.00 bits per heavy atom. The van der Waals surface area contributed by atoms with Crippen LogP contribution in [0.1, 0.15) is 13.3 Å². The molecule has 0 aliphatic heterocycles. The Kier molecular flexibility index (Phi) is 2.45. The van der Waals surface area contributed by atoms with Crippen LogP contribution in [0.3, 0.4) is 0 Å². The fraction of sp³-hybridized carbons (Fsp3) is 0.571. The first-order valence-corrected chi connectivity index (χ1v) is 3.61. The second-order valence-corrected chi connectivity index (χ2v) is 2.53. The van der Waals surface area contributed by atoms with Crippen molar-refractivity contribution in [1.29, 1.82) is 0 Å². The van der Waals surface area contributed by atoms with Crippen molar-refractivity contribution in [3.8, 4) is 0 Å². The summed E-state index contributed by atoms with van der Waals surface area (Å²) in [7, 11) is 0. The lowest BCUT2D eigenvalue weighted by Gasteiger charge is -2.04. The van der Waals surface area contributed by atoms with E-state index in [1.165, 1.54) is 0 Å². The van der Waals surface area contributed by atoms with Gasteiger partial charge in [-0.05, 0) is 6.42 Å². The largest absolute Gasteiger partial charge is 0.354 e. The minimum atomic E-state index is 0.509. The van der Waals surface area contributed by atoms with Crippen LogP contribution < -0.4 is 5.73 Å². The zero-order valence-corrected chi connectivity index (χ0v) is 6.33. The first kappa shape index (κ1) is 7.28. The van der Waals surface area contributed by atoms with Crippen molar-refractivity contribution in [3.63, 3.8) is 0 Å². The molecule has 0 spiro atoms. The van der Waals surface area contributed by atoms with Crippen molar-refractivity contribution in [2.24, 2.45) is 0 Å². The summed E-state index contributed by atoms with van der Waals surface area (Å²) in [6, 6.07) is 0.509. The Morgan fingerprint density at radius 1 is 1.70 bits per heavy atom. The average Bonchev–Trinajstić information content (AvgIpc) is 2.40. The van der Waals surface area contributed by atoms with Crippen LogP contribution in [-0.4, -0.2) is 15.6 Å². The molecular weight excluding hydrogens is 126 g/mol. The number of hydrogen-bond donors (Lipinski definition) is 1. The second-order valence-electron chi connectivity index (χ2n) is 2.53. The normalized spacial score (nSPS) is 13.4. The zero-order chi connectivity index (χ0) is 7.40. The maximum Gasteiger partial charge on any atom is 0.102 e. The number of nitrogens with zero attached hydrogens (tertiary/aromatic N) is 2. The van der Waals surface area contributed by atoms with Gasteiger partial charge < -0.3 is 10.3 Å². The number of quaternary nitrogens is 1. The van der Waals surface area contributed by atoms with E-state index in [2.05, 4.69) is 22.2 Å². The van der Waals surface area contributed by atoms with E-state index in [9.17, 15) is 0 Å². The summed E-state index contributed by atoms with van der Waals surface area (Å²) < 4.78 is 2.06. The molecule has 1 aromatic heterocycles. The van der Waals surface area contributed by atoms with Gasteiger partial charge in [-0.3, -0.25) is 0 Å². The third-order valence-corrected chi connectivity index (χ3v) is 1.61. The smallest absolute Gasteiger partial charge is 0.102 e. The quantitative estimate of drug-likeness (QED) is 0.626. The Bertz CT molecular complexity index is 169. The minimum Gasteiger partial charge on any atom is -0.354 e. The van der Waals surface area contributed by atoms with Crippen molar-refractivity contribution < 1.29 is 5.73 Å². The van der Waals surface area contributed by atoms with Gasteiger partial charge in [0.05, 0.1) is 12.9 Å². The lowest BCUT2D eigenvalue weighted by molar-refractivity contribution is -0.423. The van der Waals surface area contributed by atoms with Gasteiger partial charge in [0, 0.05) is 12.4 Å². The minimum absolute atomic E-state index is 0.509. The number of imidazole rings is 1. The van der Waals surface area contributed by atoms with E-state index in [0.29, 0.717) is 6.04 Å². The van der Waals surface area contributed by atoms with E-state index in [1.807, 2.05) is 12.5 Å². The van der Waals surface area contributed by atoms with E-state index < -0.39 is 0 Å². The van der Waals surface area contributed by atoms with Crippen molar-refractivity contribution in [1.82, 2.24) is 9.55 Å². The summed E-state index contributed by atoms with van der Waals surface area (Å²) in [6.07, 6.45) is 6.71. The van der Waals surface area contributed by atoms with Crippen LogP contribution in [0.15, 0.2) is 18.7 Å². The molecule has 0 aromatic carbocycles. The van der Waals surface area contributed by atoms with Crippen LogP contribution in [0.2, 0.25) is 0 Å². The molecule has 3 N–H and O–H groups in total. The van der Waals surface area contributed by atoms with E-state index in [-0.39, 0.29) is 0 Å². The van der Waals surface area contributed by atoms with Crippen molar-refractivity contribution in [2.45, 2.75) is 25.9 Å². The van der Waals surface area contributed by atoms with Crippen molar-refractivity contribution >= 4 is 0 Å². The molecule has 1 rings (SSSR count). The predicted octanol–water partition coefficient (Wildman–Crippen LogP) is -0.0964. The summed E-state index contributed by atoms with van der Waals surface area (Å²) in [5, 5.41) is 0. The van der Waals surface area contributed by atoms with Gasteiger partial charge in [0.15, 0.2) is 0 Å². The molecule has 1 aromatic rings. The highest BCUT2D eigenvalue weighted by atomic mass is 15.0. The SMILES string of the molecule is CC[C@@H]([NH3+])Cn1ccnc1. The molecule has 0 bridgehead atoms. The predicted molar refractivity (Wildman–Crippen MR) is 39.2 cm³/mol. The fourth-order valence-electron chi connectivity index (χ4n) is 0.822. The molecule has 3 nitrogen and oxygen atoms in total. The highest BCUT2D eigenvalue weighted by molar-refractivity contribution is 4.74. The van der Waals surface area contributed by atoms with Crippen LogP contribution in [-0.2, 0) is 6.54 Å². The van der Waals surface area contributed by atoms with Gasteiger partial charge in [-0.25, -0.2) is 4.98 Å². The lowest BCUT2D eigenvalue weighted by Crippen LogP contribution is -2.62. The monoisotopic (exact) mass is 140 g/mol. The molecule has 0 saturated heterocycles. The Balaban J connectivity index is 2.40. The Hall–Kier alpha value is -0.830. The van der Waals surface area contributed by atoms with Gasteiger partial charge >= 0.3 is 0 Å². The maximum atomic E-state index is 3.98. The van der Waals surface area contributed by atoms with Crippen LogP contribution in [0, 0.1) is 0 Å². The maximum absolute atomic E-state index is 3.98. The molecule has 0 unspecified atom stereocenters. The van der Waals surface area contributed by atoms with Gasteiger partial charge in [0.1, 0.15) is 6.04 Å². The average molecular weight is 140 g/mol. The number of rotatable bonds is 3. The molecule has 0 amide bonds. The van der Waals surface area contributed by atoms with E-state index in [0.717, 1.165) is 13.0 Å². The summed E-state index contributed by atoms with van der Waals surface area (Å²) in [6.45, 7) is 3.13. The molecule has 1 heterocycles. The Morgan fingerprint density at radius 2 is 2.50 bits per heavy atom. The summed E-state index contributed by atoms with van der Waals surface area (Å²) >= 11 is 0. The molecule has 10 heavy (non-hydrogen) atoms. The molecule has 1 atom stereocenters. The Labute approximate surface area is 60.9 Å². The van der Waals surface area contributed by atoms with Gasteiger partial charge in [0.25, 0.3) is 0 Å². The molecule has 0 aliphatic rings. The molecule has 0 fully saturated rings. The third-order valence-electron chi connectivity index (χ3n) is 1.61. The summed E-state index contributed by atoms with van der Waals surface area (Å²) in [5.74, 6) is 0. The second kappa shape index (κ2) is 3.37. The molecule has 56 valence electrons. The van der Waals surface area contributed by atoms with Crippen LogP contribution in [0.25, 0.3) is 0 Å². The van der Waals surface area contributed by atoms with E-state index >= 15 is 0 Å². The highest BCUT2D eigenvalue weighted by Gasteiger charge is 2.01. The first-order valence-electron chi connectivity index (χ1n) is 3.61. The topological polar surface area (TPSA) is 45.5 Å². The summed E-state index contributed by atoms with van der Waals surface area (Å²) in [4.78, 5) is 3.94. The van der Waals surface area contributed by atoms with Crippen LogP contribution >= 0.6 is 0 Å². The van der Waals surface area contributed by atoms with Gasteiger partial charge in [-0.1, -0.05) is 6.92 Å². The zero-order valence-electron chi connectivity index (χ0n) is 6.33. The molecule has 3 heteroatoms. The number of aromatic nitrogens is 2. The van der Waals surface area contributed by atoms with Gasteiger partial charge in [0.2, 0.25) is 0 Å². The number of hydrogen-bond acceptors (Lipinski definition) is 1. The highest BCUT2D eigenvalue weighted by Crippen LogP contribution is 1.90. The van der Waals surface area contributed by atoms with Gasteiger partial charge in [-0.2, -0.15) is 0 Å². The summed E-state index contributed by atoms with van der Waals surface area (Å²) in [5.41, 5.74) is 3.98. The van der Waals surface area contributed by atoms with E-state index in [1.54, 1.807) is 6.20 Å². The molecule has 0 saturated carbocycles. The fourth-order valence-corrected chi connectivity index (χ4v) is 0.822. The van der Waals surface area contributed by atoms with Crippen molar-refractivity contribution in [3.05, 3.63) is 18.7 Å². The third kappa shape index (κ3) is 1.84. The molecular formula is C7H14N3+. The lowest BCUT2D eigenvalue weighted by atomic mass is 10.2. The molecule has 0 radical (unpaired) electrons. The van der Waals surface area contributed by atoms with Crippen LogP contribution in [0.5, 0.6) is 0 Å². The molecule has 0 aliphatic carbocycles. The van der Waals surface area contributed by atoms with Crippen molar-refractivity contribution in [2.75, 3.05) is 0 Å². The first-order chi connectivity index (χ1) is 4.83. The van der Waals surface area contributed by atoms with Crippen LogP contribution in [0.4, 0.5) is 0 Å². The van der Waals surface area contributed by atoms with Gasteiger partial charge in [-0.15, -0.1) is 0 Å². The standard InChI is InChI=1S/C7H13N3/c1-2-7(8)5-10-4-3-9-6-10/h3-4,6-7H,2,5,8H2,1H3/p+1/t7-/m1/s1. The van der Waals surface area contributed by atoms with E-state index in [4.69, 9.17) is 0 Å².